The SMILES string of the molecule is CNC(c1cccc(C2CCC2)c1)C(F)F. The van der Waals surface area contributed by atoms with Crippen molar-refractivity contribution in [3.05, 3.63) is 35.4 Å². The van der Waals surface area contributed by atoms with Crippen LogP contribution in [0.3, 0.4) is 0 Å². The highest BCUT2D eigenvalue weighted by Gasteiger charge is 2.23. The molecule has 0 aliphatic heterocycles. The van der Waals surface area contributed by atoms with E-state index in [0.29, 0.717) is 11.5 Å². The second-order valence-corrected chi connectivity index (χ2v) is 4.40. The van der Waals surface area contributed by atoms with Crippen molar-refractivity contribution in [2.45, 2.75) is 37.6 Å². The van der Waals surface area contributed by atoms with E-state index in [1.54, 1.807) is 13.1 Å². The molecule has 1 aliphatic carbocycles. The molecule has 1 nitrogen and oxygen atoms in total. The van der Waals surface area contributed by atoms with Gasteiger partial charge >= 0.3 is 0 Å². The molecule has 1 atom stereocenters. The third kappa shape index (κ3) is 2.24. The molecule has 2 rings (SSSR count). The van der Waals surface area contributed by atoms with Crippen LogP contribution in [0.5, 0.6) is 0 Å². The third-order valence-corrected chi connectivity index (χ3v) is 3.41. The Morgan fingerprint density at radius 1 is 1.31 bits per heavy atom. The summed E-state index contributed by atoms with van der Waals surface area (Å²) in [6.07, 6.45) is 1.30. The highest BCUT2D eigenvalue weighted by Crippen LogP contribution is 2.37. The van der Waals surface area contributed by atoms with Crippen LogP contribution in [-0.4, -0.2) is 13.5 Å². The van der Waals surface area contributed by atoms with Crippen LogP contribution in [0.25, 0.3) is 0 Å². The van der Waals surface area contributed by atoms with E-state index < -0.39 is 12.5 Å². The van der Waals surface area contributed by atoms with Crippen molar-refractivity contribution in [1.29, 1.82) is 0 Å². The van der Waals surface area contributed by atoms with Crippen LogP contribution in [0.15, 0.2) is 24.3 Å². The Morgan fingerprint density at radius 2 is 2.06 bits per heavy atom. The fraction of sp³-hybridized carbons (Fsp3) is 0.538. The van der Waals surface area contributed by atoms with Gasteiger partial charge in [0.15, 0.2) is 0 Å². The molecule has 1 saturated carbocycles. The zero-order valence-corrected chi connectivity index (χ0v) is 9.42. The van der Waals surface area contributed by atoms with Crippen molar-refractivity contribution in [3.63, 3.8) is 0 Å². The second kappa shape index (κ2) is 4.91. The number of alkyl halides is 2. The monoisotopic (exact) mass is 225 g/mol. The standard InChI is InChI=1S/C13H17F2N/c1-16-12(13(14)15)11-7-3-6-10(8-11)9-4-2-5-9/h3,6-9,12-13,16H,2,4-5H2,1H3. The molecular weight excluding hydrogens is 208 g/mol. The molecule has 3 heteroatoms. The van der Waals surface area contributed by atoms with Gasteiger partial charge in [0.05, 0.1) is 6.04 Å². The predicted octanol–water partition coefficient (Wildman–Crippen LogP) is 3.48. The van der Waals surface area contributed by atoms with Crippen molar-refractivity contribution in [1.82, 2.24) is 5.32 Å². The van der Waals surface area contributed by atoms with Gasteiger partial charge in [0.25, 0.3) is 6.43 Å². The fourth-order valence-corrected chi connectivity index (χ4v) is 2.19. The van der Waals surface area contributed by atoms with E-state index in [1.165, 1.54) is 24.8 Å². The van der Waals surface area contributed by atoms with Crippen LogP contribution < -0.4 is 5.32 Å². The number of halogens is 2. The molecule has 1 unspecified atom stereocenters. The van der Waals surface area contributed by atoms with Gasteiger partial charge in [0.2, 0.25) is 0 Å². The molecule has 0 saturated heterocycles. The topological polar surface area (TPSA) is 12.0 Å². The van der Waals surface area contributed by atoms with Gasteiger partial charge in [-0.1, -0.05) is 30.7 Å². The lowest BCUT2D eigenvalue weighted by atomic mass is 9.79. The molecule has 16 heavy (non-hydrogen) atoms. The van der Waals surface area contributed by atoms with E-state index in [1.807, 2.05) is 18.2 Å². The van der Waals surface area contributed by atoms with E-state index in [-0.39, 0.29) is 0 Å². The first-order valence-corrected chi connectivity index (χ1v) is 5.77. The molecule has 1 aliphatic rings. The lowest BCUT2D eigenvalue weighted by Gasteiger charge is -2.27. The van der Waals surface area contributed by atoms with Crippen molar-refractivity contribution in [3.8, 4) is 0 Å². The van der Waals surface area contributed by atoms with Gasteiger partial charge in [-0.25, -0.2) is 8.78 Å². The zero-order valence-electron chi connectivity index (χ0n) is 9.42. The maximum atomic E-state index is 12.8. The third-order valence-electron chi connectivity index (χ3n) is 3.41. The molecule has 0 bridgehead atoms. The zero-order chi connectivity index (χ0) is 11.5. The molecule has 0 amide bonds. The normalized spacial score (nSPS) is 18.5. The summed E-state index contributed by atoms with van der Waals surface area (Å²) in [5.74, 6) is 0.593. The number of rotatable bonds is 4. The predicted molar refractivity (Wildman–Crippen MR) is 60.8 cm³/mol. The molecule has 0 radical (unpaired) electrons. The molecule has 88 valence electrons. The quantitative estimate of drug-likeness (QED) is 0.827. The van der Waals surface area contributed by atoms with Crippen molar-refractivity contribution in [2.75, 3.05) is 7.05 Å². The van der Waals surface area contributed by atoms with Crippen LogP contribution >= 0.6 is 0 Å². The Labute approximate surface area is 94.9 Å². The van der Waals surface area contributed by atoms with Gasteiger partial charge in [-0.15, -0.1) is 0 Å². The maximum Gasteiger partial charge on any atom is 0.257 e. The van der Waals surface area contributed by atoms with Crippen molar-refractivity contribution in [2.24, 2.45) is 0 Å². The number of hydrogen-bond donors (Lipinski definition) is 1. The van der Waals surface area contributed by atoms with Crippen LogP contribution in [0.2, 0.25) is 0 Å². The fourth-order valence-electron chi connectivity index (χ4n) is 2.19. The lowest BCUT2D eigenvalue weighted by Crippen LogP contribution is -2.24. The van der Waals surface area contributed by atoms with Crippen molar-refractivity contribution >= 4 is 0 Å². The minimum Gasteiger partial charge on any atom is -0.308 e. The smallest absolute Gasteiger partial charge is 0.257 e. The summed E-state index contributed by atoms with van der Waals surface area (Å²) in [6, 6.07) is 6.79. The maximum absolute atomic E-state index is 12.8. The number of hydrogen-bond acceptors (Lipinski definition) is 1. The van der Waals surface area contributed by atoms with Crippen LogP contribution in [-0.2, 0) is 0 Å². The van der Waals surface area contributed by atoms with Gasteiger partial charge in [0, 0.05) is 0 Å². The van der Waals surface area contributed by atoms with Crippen molar-refractivity contribution < 1.29 is 8.78 Å². The van der Waals surface area contributed by atoms with Crippen LogP contribution in [0, 0.1) is 0 Å². The summed E-state index contributed by atoms with van der Waals surface area (Å²) in [4.78, 5) is 0. The minimum atomic E-state index is -2.36. The minimum absolute atomic E-state index is 0.593. The lowest BCUT2D eigenvalue weighted by molar-refractivity contribution is 0.102. The Hall–Kier alpha value is -0.960. The summed E-state index contributed by atoms with van der Waals surface area (Å²) in [5, 5.41) is 2.67. The van der Waals surface area contributed by atoms with E-state index in [2.05, 4.69) is 5.32 Å². The highest BCUT2D eigenvalue weighted by atomic mass is 19.3. The van der Waals surface area contributed by atoms with E-state index in [9.17, 15) is 8.78 Å². The second-order valence-electron chi connectivity index (χ2n) is 4.40. The molecule has 1 aromatic rings. The number of benzene rings is 1. The Balaban J connectivity index is 2.19. The van der Waals surface area contributed by atoms with Gasteiger partial charge in [0.1, 0.15) is 0 Å². The molecular formula is C13H17F2N. The largest absolute Gasteiger partial charge is 0.308 e. The summed E-state index contributed by atoms with van der Waals surface area (Å²) in [5.41, 5.74) is 1.91. The average Bonchev–Trinajstić information content (AvgIpc) is 2.16. The van der Waals surface area contributed by atoms with Gasteiger partial charge in [-0.05, 0) is 36.9 Å². The van der Waals surface area contributed by atoms with Gasteiger partial charge in [-0.3, -0.25) is 0 Å². The molecule has 0 heterocycles. The first-order chi connectivity index (χ1) is 7.72. The Bertz CT molecular complexity index is 348. The molecule has 1 fully saturated rings. The average molecular weight is 225 g/mol. The molecule has 0 aromatic heterocycles. The molecule has 1 aromatic carbocycles. The summed E-state index contributed by atoms with van der Waals surface area (Å²) in [6.45, 7) is 0. The van der Waals surface area contributed by atoms with Gasteiger partial charge < -0.3 is 5.32 Å². The van der Waals surface area contributed by atoms with E-state index in [4.69, 9.17) is 0 Å². The summed E-state index contributed by atoms with van der Waals surface area (Å²) < 4.78 is 25.5. The first kappa shape index (κ1) is 11.5. The first-order valence-electron chi connectivity index (χ1n) is 5.77. The molecule has 1 N–H and O–H groups in total. The summed E-state index contributed by atoms with van der Waals surface area (Å²) in [7, 11) is 1.58. The molecule has 0 spiro atoms. The van der Waals surface area contributed by atoms with Crippen LogP contribution in [0.4, 0.5) is 8.78 Å². The van der Waals surface area contributed by atoms with E-state index >= 15 is 0 Å². The van der Waals surface area contributed by atoms with E-state index in [0.717, 1.165) is 0 Å². The Kier molecular flexibility index (Phi) is 3.54. The Morgan fingerprint density at radius 3 is 2.56 bits per heavy atom. The highest BCUT2D eigenvalue weighted by molar-refractivity contribution is 5.30. The number of nitrogens with one attached hydrogen (secondary N) is 1. The van der Waals surface area contributed by atoms with Gasteiger partial charge in [-0.2, -0.15) is 0 Å². The summed E-state index contributed by atoms with van der Waals surface area (Å²) >= 11 is 0. The van der Waals surface area contributed by atoms with Crippen LogP contribution in [0.1, 0.15) is 42.3 Å².